The molecule has 0 bridgehead atoms. The fraction of sp³-hybridized carbons (Fsp3) is 0.267. The third-order valence-electron chi connectivity index (χ3n) is 6.77. The monoisotopic (exact) mass is 530 g/mol. The van der Waals surface area contributed by atoms with Gasteiger partial charge in [-0.3, -0.25) is 19.4 Å². The molecule has 1 saturated heterocycles. The van der Waals surface area contributed by atoms with Crippen LogP contribution in [0.15, 0.2) is 88.7 Å². The van der Waals surface area contributed by atoms with E-state index in [1.807, 2.05) is 72.8 Å². The zero-order valence-electron chi connectivity index (χ0n) is 21.2. The molecule has 0 saturated carbocycles. The van der Waals surface area contributed by atoms with E-state index in [9.17, 15) is 14.0 Å². The van der Waals surface area contributed by atoms with Gasteiger partial charge in [-0.2, -0.15) is 0 Å². The number of anilines is 2. The summed E-state index contributed by atoms with van der Waals surface area (Å²) in [6.07, 6.45) is 2.71. The van der Waals surface area contributed by atoms with Crippen LogP contribution in [-0.2, 0) is 9.59 Å². The van der Waals surface area contributed by atoms with E-state index in [2.05, 4.69) is 15.1 Å². The Balaban J connectivity index is 1.11. The van der Waals surface area contributed by atoms with Crippen LogP contribution in [0.25, 0.3) is 6.08 Å². The Morgan fingerprint density at radius 3 is 2.39 bits per heavy atom. The van der Waals surface area contributed by atoms with E-state index in [0.717, 1.165) is 61.0 Å². The van der Waals surface area contributed by atoms with E-state index in [1.54, 1.807) is 4.90 Å². The first kappa shape index (κ1) is 26.0. The largest absolute Gasteiger partial charge is 0.369 e. The molecule has 0 spiro atoms. The Morgan fingerprint density at radius 2 is 1.63 bits per heavy atom. The Hall–Kier alpha value is -3.62. The average Bonchev–Trinajstić information content (AvgIpc) is 2.95. The molecule has 2 aliphatic heterocycles. The van der Waals surface area contributed by atoms with E-state index in [-0.39, 0.29) is 24.2 Å². The summed E-state index contributed by atoms with van der Waals surface area (Å²) in [7, 11) is 0. The third kappa shape index (κ3) is 6.44. The fourth-order valence-electron chi connectivity index (χ4n) is 4.73. The van der Waals surface area contributed by atoms with Crippen LogP contribution in [0.4, 0.5) is 15.8 Å². The number of thioether (sulfide) groups is 1. The van der Waals surface area contributed by atoms with E-state index >= 15 is 0 Å². The molecule has 0 atom stereocenters. The molecular weight excluding hydrogens is 499 g/mol. The molecule has 3 aromatic rings. The first-order chi connectivity index (χ1) is 18.6. The maximum Gasteiger partial charge on any atom is 0.265 e. The predicted octanol–water partition coefficient (Wildman–Crippen LogP) is 4.63. The summed E-state index contributed by atoms with van der Waals surface area (Å²) in [6.45, 7) is 5.08. The number of hydrogen-bond acceptors (Lipinski definition) is 5. The highest BCUT2D eigenvalue weighted by Gasteiger charge is 2.30. The molecule has 2 aliphatic rings. The number of hydrogen-bond donors (Lipinski definition) is 1. The Labute approximate surface area is 227 Å². The van der Waals surface area contributed by atoms with Crippen molar-refractivity contribution in [2.75, 3.05) is 55.6 Å². The molecule has 0 aromatic heterocycles. The molecule has 8 heteroatoms. The SMILES string of the molecule is O=C(CN1C(=O)C(=Cc2ccccc2)Sc2ccccc21)NCCCN1CCN(c2ccc(F)cc2)CC1. The summed E-state index contributed by atoms with van der Waals surface area (Å²) in [5.74, 6) is -0.543. The van der Waals surface area contributed by atoms with E-state index in [0.29, 0.717) is 11.4 Å². The molecule has 0 aliphatic carbocycles. The number of benzene rings is 3. The normalized spacial score (nSPS) is 17.0. The van der Waals surface area contributed by atoms with Gasteiger partial charge in [0, 0.05) is 43.3 Å². The van der Waals surface area contributed by atoms with Crippen molar-refractivity contribution in [3.05, 3.63) is 95.1 Å². The van der Waals surface area contributed by atoms with Gasteiger partial charge in [0.15, 0.2) is 0 Å². The molecule has 1 N–H and O–H groups in total. The van der Waals surface area contributed by atoms with Crippen molar-refractivity contribution >= 4 is 41.0 Å². The standard InChI is InChI=1S/C30H31FN4O2S/c31-24-11-13-25(14-12-24)34-19-17-33(18-20-34)16-6-15-32-29(36)22-35-26-9-4-5-10-27(26)38-28(30(35)37)21-23-7-2-1-3-8-23/h1-5,7-14,21H,6,15-20,22H2,(H,32,36). The zero-order chi connectivity index (χ0) is 26.3. The molecule has 2 heterocycles. The number of nitrogens with one attached hydrogen (secondary N) is 1. The Morgan fingerprint density at radius 1 is 0.921 bits per heavy atom. The molecule has 5 rings (SSSR count). The molecule has 2 amide bonds. The van der Waals surface area contributed by atoms with Gasteiger partial charge in [-0.15, -0.1) is 0 Å². The van der Waals surface area contributed by atoms with Crippen molar-refractivity contribution in [3.8, 4) is 0 Å². The average molecular weight is 531 g/mol. The van der Waals surface area contributed by atoms with Crippen LogP contribution in [0.2, 0.25) is 0 Å². The lowest BCUT2D eigenvalue weighted by atomic mass is 10.2. The zero-order valence-corrected chi connectivity index (χ0v) is 22.0. The van der Waals surface area contributed by atoms with Gasteiger partial charge >= 0.3 is 0 Å². The summed E-state index contributed by atoms with van der Waals surface area (Å²) < 4.78 is 13.2. The number of carbonyl (C=O) groups excluding carboxylic acids is 2. The first-order valence-corrected chi connectivity index (χ1v) is 13.7. The lowest BCUT2D eigenvalue weighted by molar-refractivity contribution is -0.122. The smallest absolute Gasteiger partial charge is 0.265 e. The van der Waals surface area contributed by atoms with Crippen molar-refractivity contribution in [2.24, 2.45) is 0 Å². The molecule has 38 heavy (non-hydrogen) atoms. The second kappa shape index (κ2) is 12.3. The fourth-order valence-corrected chi connectivity index (χ4v) is 5.79. The van der Waals surface area contributed by atoms with Gasteiger partial charge < -0.3 is 10.2 Å². The van der Waals surface area contributed by atoms with Crippen molar-refractivity contribution < 1.29 is 14.0 Å². The predicted molar refractivity (Wildman–Crippen MR) is 152 cm³/mol. The van der Waals surface area contributed by atoms with Gasteiger partial charge in [0.05, 0.1) is 10.6 Å². The second-order valence-corrected chi connectivity index (χ2v) is 10.5. The van der Waals surface area contributed by atoms with E-state index in [4.69, 9.17) is 0 Å². The highest BCUT2D eigenvalue weighted by Crippen LogP contribution is 2.41. The van der Waals surface area contributed by atoms with Crippen LogP contribution < -0.4 is 15.1 Å². The van der Waals surface area contributed by atoms with Gasteiger partial charge in [0.1, 0.15) is 12.4 Å². The van der Waals surface area contributed by atoms with Crippen LogP contribution >= 0.6 is 11.8 Å². The van der Waals surface area contributed by atoms with Gasteiger partial charge in [0.2, 0.25) is 5.91 Å². The topological polar surface area (TPSA) is 55.9 Å². The highest BCUT2D eigenvalue weighted by atomic mass is 32.2. The minimum atomic E-state index is -0.216. The molecule has 0 radical (unpaired) electrons. The summed E-state index contributed by atoms with van der Waals surface area (Å²) in [5.41, 5.74) is 2.76. The van der Waals surface area contributed by atoms with Crippen molar-refractivity contribution in [2.45, 2.75) is 11.3 Å². The number of nitrogens with zero attached hydrogens (tertiary/aromatic N) is 3. The summed E-state index contributed by atoms with van der Waals surface area (Å²) in [6, 6.07) is 24.1. The molecule has 3 aromatic carbocycles. The first-order valence-electron chi connectivity index (χ1n) is 12.9. The summed E-state index contributed by atoms with van der Waals surface area (Å²) in [4.78, 5) is 34.0. The van der Waals surface area contributed by atoms with E-state index in [1.165, 1.54) is 23.9 Å². The Kier molecular flexibility index (Phi) is 8.41. The van der Waals surface area contributed by atoms with E-state index < -0.39 is 0 Å². The number of carbonyl (C=O) groups is 2. The molecule has 1 fully saturated rings. The van der Waals surface area contributed by atoms with Crippen LogP contribution in [0, 0.1) is 5.82 Å². The Bertz CT molecular complexity index is 1290. The number of amides is 2. The van der Waals surface area contributed by atoms with Gasteiger partial charge in [-0.05, 0) is 61.0 Å². The molecule has 6 nitrogen and oxygen atoms in total. The third-order valence-corrected chi connectivity index (χ3v) is 7.85. The summed E-state index contributed by atoms with van der Waals surface area (Å²) in [5, 5.41) is 2.99. The maximum atomic E-state index is 13.3. The lowest BCUT2D eigenvalue weighted by Crippen LogP contribution is -2.47. The molecular formula is C30H31FN4O2S. The number of fused-ring (bicyclic) bond motifs is 1. The quantitative estimate of drug-likeness (QED) is 0.340. The molecule has 196 valence electrons. The number of rotatable bonds is 8. The number of para-hydroxylation sites is 1. The van der Waals surface area contributed by atoms with Crippen molar-refractivity contribution in [1.82, 2.24) is 10.2 Å². The minimum absolute atomic E-state index is 0.0150. The van der Waals surface area contributed by atoms with Crippen LogP contribution in [0.3, 0.4) is 0 Å². The van der Waals surface area contributed by atoms with Crippen LogP contribution in [-0.4, -0.2) is 62.5 Å². The highest BCUT2D eigenvalue weighted by molar-refractivity contribution is 8.04. The van der Waals surface area contributed by atoms with Crippen LogP contribution in [0.5, 0.6) is 0 Å². The number of halogens is 1. The van der Waals surface area contributed by atoms with Crippen molar-refractivity contribution in [3.63, 3.8) is 0 Å². The lowest BCUT2D eigenvalue weighted by Gasteiger charge is -2.36. The van der Waals surface area contributed by atoms with Gasteiger partial charge in [-0.1, -0.05) is 54.2 Å². The van der Waals surface area contributed by atoms with Gasteiger partial charge in [-0.25, -0.2) is 4.39 Å². The summed E-state index contributed by atoms with van der Waals surface area (Å²) >= 11 is 1.44. The molecule has 0 unspecified atom stereocenters. The minimum Gasteiger partial charge on any atom is -0.369 e. The second-order valence-electron chi connectivity index (χ2n) is 9.39. The van der Waals surface area contributed by atoms with Gasteiger partial charge in [0.25, 0.3) is 5.91 Å². The van der Waals surface area contributed by atoms with Crippen molar-refractivity contribution in [1.29, 1.82) is 0 Å². The number of piperazine rings is 1. The maximum absolute atomic E-state index is 13.3. The van der Waals surface area contributed by atoms with Crippen LogP contribution in [0.1, 0.15) is 12.0 Å².